The number of aryl methyl sites for hydroxylation is 2. The Labute approximate surface area is 207 Å². The SMILES string of the molecule is Cc1nnc(-c2cc3c(=O)n(C)cc(-c4cc(C(C)(C)O)ccc4Oc4c(F)cc(F)cc4F)c3o2)o1. The van der Waals surface area contributed by atoms with Crippen molar-refractivity contribution in [3.63, 3.8) is 0 Å². The zero-order chi connectivity index (χ0) is 26.6. The lowest BCUT2D eigenvalue weighted by molar-refractivity contribution is 0.0786. The first-order chi connectivity index (χ1) is 17.4. The second-order valence-electron chi connectivity index (χ2n) is 9.01. The van der Waals surface area contributed by atoms with Crippen LogP contribution in [0.1, 0.15) is 25.3 Å². The van der Waals surface area contributed by atoms with E-state index < -0.39 is 28.8 Å². The first-order valence-corrected chi connectivity index (χ1v) is 11.1. The van der Waals surface area contributed by atoms with E-state index in [0.717, 1.165) is 0 Å². The number of hydrogen-bond acceptors (Lipinski definition) is 7. The van der Waals surface area contributed by atoms with Gasteiger partial charge >= 0.3 is 0 Å². The van der Waals surface area contributed by atoms with Crippen LogP contribution in [0.4, 0.5) is 13.2 Å². The Kier molecular flexibility index (Phi) is 5.67. The van der Waals surface area contributed by atoms with E-state index in [9.17, 15) is 23.1 Å². The molecule has 190 valence electrons. The predicted molar refractivity (Wildman–Crippen MR) is 127 cm³/mol. The Morgan fingerprint density at radius 1 is 1.00 bits per heavy atom. The molecule has 0 atom stereocenters. The number of pyridine rings is 1. The minimum atomic E-state index is -1.30. The molecule has 0 saturated carbocycles. The number of hydrogen-bond donors (Lipinski definition) is 1. The highest BCUT2D eigenvalue weighted by Gasteiger charge is 2.25. The van der Waals surface area contributed by atoms with Crippen LogP contribution in [0.15, 0.2) is 56.2 Å². The first-order valence-electron chi connectivity index (χ1n) is 11.1. The maximum absolute atomic E-state index is 14.4. The summed E-state index contributed by atoms with van der Waals surface area (Å²) in [6.45, 7) is 4.72. The van der Waals surface area contributed by atoms with E-state index in [-0.39, 0.29) is 39.5 Å². The molecule has 0 saturated heterocycles. The average molecular weight is 511 g/mol. The molecule has 0 aliphatic heterocycles. The van der Waals surface area contributed by atoms with Crippen LogP contribution in [0, 0.1) is 24.4 Å². The molecule has 8 nitrogen and oxygen atoms in total. The molecule has 0 radical (unpaired) electrons. The molecule has 0 spiro atoms. The van der Waals surface area contributed by atoms with Gasteiger partial charge in [-0.2, -0.15) is 0 Å². The number of benzene rings is 2. The van der Waals surface area contributed by atoms with Crippen molar-refractivity contribution in [3.8, 4) is 34.3 Å². The minimum absolute atomic E-state index is 0.0380. The number of ether oxygens (including phenoxy) is 1. The number of halogens is 3. The minimum Gasteiger partial charge on any atom is -0.451 e. The van der Waals surface area contributed by atoms with E-state index in [2.05, 4.69) is 10.2 Å². The van der Waals surface area contributed by atoms with Gasteiger partial charge in [0.05, 0.1) is 11.0 Å². The lowest BCUT2D eigenvalue weighted by Gasteiger charge is -2.21. The zero-order valence-electron chi connectivity index (χ0n) is 20.1. The predicted octanol–water partition coefficient (Wildman–Crippen LogP) is 5.59. The Morgan fingerprint density at radius 2 is 1.70 bits per heavy atom. The van der Waals surface area contributed by atoms with E-state index >= 15 is 0 Å². The van der Waals surface area contributed by atoms with Gasteiger partial charge in [0.2, 0.25) is 5.89 Å². The largest absolute Gasteiger partial charge is 0.451 e. The van der Waals surface area contributed by atoms with Crippen molar-refractivity contribution in [2.45, 2.75) is 26.4 Å². The average Bonchev–Trinajstić information content (AvgIpc) is 3.45. The standard InChI is InChI=1S/C26H20F3N3O5/c1-12-30-31-24(35-12)21-10-16-22(37-21)17(11-32(4)25(16)33)15-7-13(26(2,3)34)5-6-20(15)36-23-18(28)8-14(27)9-19(23)29/h5-11,34H,1-4H3. The molecule has 0 aliphatic rings. The fourth-order valence-corrected chi connectivity index (χ4v) is 3.89. The highest BCUT2D eigenvalue weighted by atomic mass is 19.1. The molecule has 3 heterocycles. The number of rotatable bonds is 5. The van der Waals surface area contributed by atoms with Crippen molar-refractivity contribution in [1.29, 1.82) is 0 Å². The van der Waals surface area contributed by atoms with Gasteiger partial charge in [-0.1, -0.05) is 6.07 Å². The van der Waals surface area contributed by atoms with Crippen LogP contribution in [-0.4, -0.2) is 19.9 Å². The molecule has 0 fully saturated rings. The summed E-state index contributed by atoms with van der Waals surface area (Å²) < 4.78 is 60.6. The molecule has 37 heavy (non-hydrogen) atoms. The first kappa shape index (κ1) is 24.3. The van der Waals surface area contributed by atoms with E-state index in [1.807, 2.05) is 0 Å². The highest BCUT2D eigenvalue weighted by molar-refractivity contribution is 5.95. The Hall–Kier alpha value is -4.38. The Balaban J connectivity index is 1.77. The molecule has 11 heteroatoms. The van der Waals surface area contributed by atoms with Gasteiger partial charge in [-0.05, 0) is 31.5 Å². The molecule has 0 aliphatic carbocycles. The molecular weight excluding hydrogens is 491 g/mol. The molecular formula is C26H20F3N3O5. The second-order valence-corrected chi connectivity index (χ2v) is 9.01. The molecule has 1 N–H and O–H groups in total. The van der Waals surface area contributed by atoms with E-state index in [4.69, 9.17) is 13.6 Å². The third-order valence-corrected chi connectivity index (χ3v) is 5.74. The molecule has 2 aromatic carbocycles. The normalized spacial score (nSPS) is 11.9. The monoisotopic (exact) mass is 511 g/mol. The van der Waals surface area contributed by atoms with Gasteiger partial charge < -0.3 is 23.2 Å². The maximum Gasteiger partial charge on any atom is 0.283 e. The Bertz CT molecular complexity index is 1710. The third-order valence-electron chi connectivity index (χ3n) is 5.74. The number of aliphatic hydroxyl groups is 1. The van der Waals surface area contributed by atoms with Crippen molar-refractivity contribution < 1.29 is 31.8 Å². The van der Waals surface area contributed by atoms with E-state index in [0.29, 0.717) is 29.2 Å². The molecule has 3 aromatic heterocycles. The summed E-state index contributed by atoms with van der Waals surface area (Å²) in [6, 6.07) is 6.93. The van der Waals surface area contributed by atoms with E-state index in [1.165, 1.54) is 36.0 Å². The summed E-state index contributed by atoms with van der Waals surface area (Å²) in [5.41, 5.74) is -0.575. The van der Waals surface area contributed by atoms with Crippen LogP contribution in [0.25, 0.3) is 33.7 Å². The number of nitrogens with zero attached hydrogens (tertiary/aromatic N) is 3. The van der Waals surface area contributed by atoms with Gasteiger partial charge in [0, 0.05) is 49.5 Å². The summed E-state index contributed by atoms with van der Waals surface area (Å²) in [5, 5.41) is 18.5. The number of aromatic nitrogens is 3. The van der Waals surface area contributed by atoms with Crippen LogP contribution in [0.2, 0.25) is 0 Å². The smallest absolute Gasteiger partial charge is 0.283 e. The van der Waals surface area contributed by atoms with Gasteiger partial charge in [-0.15, -0.1) is 10.2 Å². The molecule has 5 rings (SSSR count). The second kappa shape index (κ2) is 8.63. The molecule has 0 bridgehead atoms. The summed E-state index contributed by atoms with van der Waals surface area (Å²) in [5.74, 6) is -3.96. The fourth-order valence-electron chi connectivity index (χ4n) is 3.89. The van der Waals surface area contributed by atoms with Gasteiger partial charge in [-0.3, -0.25) is 4.79 Å². The third kappa shape index (κ3) is 4.38. The van der Waals surface area contributed by atoms with E-state index in [1.54, 1.807) is 26.8 Å². The van der Waals surface area contributed by atoms with Crippen LogP contribution in [-0.2, 0) is 12.6 Å². The quantitative estimate of drug-likeness (QED) is 0.328. The highest BCUT2D eigenvalue weighted by Crippen LogP contribution is 2.41. The molecule has 0 amide bonds. The number of fused-ring (bicyclic) bond motifs is 1. The summed E-state index contributed by atoms with van der Waals surface area (Å²) in [4.78, 5) is 12.9. The van der Waals surface area contributed by atoms with Crippen LogP contribution >= 0.6 is 0 Å². The van der Waals surface area contributed by atoms with Crippen molar-refractivity contribution >= 4 is 11.0 Å². The van der Waals surface area contributed by atoms with Crippen LogP contribution in [0.3, 0.4) is 0 Å². The lowest BCUT2D eigenvalue weighted by atomic mass is 9.93. The maximum atomic E-state index is 14.4. The summed E-state index contributed by atoms with van der Waals surface area (Å²) >= 11 is 0. The topological polar surface area (TPSA) is 104 Å². The summed E-state index contributed by atoms with van der Waals surface area (Å²) in [6.07, 6.45) is 1.46. The van der Waals surface area contributed by atoms with Crippen LogP contribution in [0.5, 0.6) is 11.5 Å². The Morgan fingerprint density at radius 3 is 2.32 bits per heavy atom. The van der Waals surface area contributed by atoms with Crippen molar-refractivity contribution in [3.05, 3.63) is 81.9 Å². The molecule has 5 aromatic rings. The van der Waals surface area contributed by atoms with Crippen molar-refractivity contribution in [1.82, 2.24) is 14.8 Å². The van der Waals surface area contributed by atoms with Gasteiger partial charge in [0.1, 0.15) is 17.1 Å². The summed E-state index contributed by atoms with van der Waals surface area (Å²) in [7, 11) is 1.52. The lowest BCUT2D eigenvalue weighted by Crippen LogP contribution is -2.17. The van der Waals surface area contributed by atoms with Crippen molar-refractivity contribution in [2.24, 2.45) is 7.05 Å². The van der Waals surface area contributed by atoms with Gasteiger partial charge in [-0.25, -0.2) is 13.2 Å². The van der Waals surface area contributed by atoms with Crippen molar-refractivity contribution in [2.75, 3.05) is 0 Å². The van der Waals surface area contributed by atoms with Crippen LogP contribution < -0.4 is 10.3 Å². The van der Waals surface area contributed by atoms with Gasteiger partial charge in [0.15, 0.2) is 23.1 Å². The fraction of sp³-hybridized carbons (Fsp3) is 0.192. The zero-order valence-corrected chi connectivity index (χ0v) is 20.1. The number of furan rings is 1. The molecule has 0 unspecified atom stereocenters. The van der Waals surface area contributed by atoms with Gasteiger partial charge in [0.25, 0.3) is 11.4 Å².